The summed E-state index contributed by atoms with van der Waals surface area (Å²) in [6.45, 7) is 2.35. The minimum absolute atomic E-state index is 0.151. The van der Waals surface area contributed by atoms with Gasteiger partial charge in [0.25, 0.3) is 5.56 Å². The van der Waals surface area contributed by atoms with Crippen LogP contribution in [0.2, 0.25) is 5.15 Å². The first-order valence-corrected chi connectivity index (χ1v) is 7.16. The number of aryl methyl sites for hydroxylation is 1. The molecular formula is C16H14ClN3O. The normalized spacial score (nSPS) is 11.0. The van der Waals surface area contributed by atoms with Gasteiger partial charge in [-0.15, -0.1) is 0 Å². The summed E-state index contributed by atoms with van der Waals surface area (Å²) >= 11 is 5.84. The van der Waals surface area contributed by atoms with Gasteiger partial charge in [0.2, 0.25) is 0 Å². The number of hydrogen-bond acceptors (Lipinski definition) is 3. The Labute approximate surface area is 127 Å². The highest BCUT2D eigenvalue weighted by Crippen LogP contribution is 2.13. The molecule has 2 heterocycles. The molecule has 0 atom stereocenters. The molecule has 1 aromatic carbocycles. The van der Waals surface area contributed by atoms with E-state index in [4.69, 9.17) is 11.6 Å². The molecule has 0 saturated heterocycles. The van der Waals surface area contributed by atoms with Crippen LogP contribution in [0, 0.1) is 0 Å². The predicted octanol–water partition coefficient (Wildman–Crippen LogP) is 3.06. The van der Waals surface area contributed by atoms with Crippen LogP contribution in [0.4, 0.5) is 0 Å². The number of fused-ring (bicyclic) bond motifs is 1. The van der Waals surface area contributed by atoms with Crippen molar-refractivity contribution in [2.24, 2.45) is 0 Å². The zero-order valence-electron chi connectivity index (χ0n) is 11.6. The van der Waals surface area contributed by atoms with E-state index in [1.807, 2.05) is 43.3 Å². The molecule has 4 nitrogen and oxygen atoms in total. The van der Waals surface area contributed by atoms with Crippen molar-refractivity contribution >= 4 is 22.5 Å². The highest BCUT2D eigenvalue weighted by molar-refractivity contribution is 6.29. The van der Waals surface area contributed by atoms with Crippen LogP contribution in [-0.2, 0) is 13.0 Å². The Morgan fingerprint density at radius 1 is 1.14 bits per heavy atom. The first kappa shape index (κ1) is 13.8. The van der Waals surface area contributed by atoms with Gasteiger partial charge in [-0.3, -0.25) is 14.3 Å². The summed E-state index contributed by atoms with van der Waals surface area (Å²) < 4.78 is 1.61. The smallest absolute Gasteiger partial charge is 0.255 e. The molecule has 2 aromatic heterocycles. The third-order valence-electron chi connectivity index (χ3n) is 3.35. The fourth-order valence-electron chi connectivity index (χ4n) is 2.32. The summed E-state index contributed by atoms with van der Waals surface area (Å²) in [6, 6.07) is 13.2. The van der Waals surface area contributed by atoms with E-state index in [0.717, 1.165) is 16.6 Å². The fourth-order valence-corrected chi connectivity index (χ4v) is 2.51. The lowest BCUT2D eigenvalue weighted by Crippen LogP contribution is -2.25. The molecule has 0 unspecified atom stereocenters. The monoisotopic (exact) mass is 299 g/mol. The van der Waals surface area contributed by atoms with Crippen LogP contribution in [0.3, 0.4) is 0 Å². The van der Waals surface area contributed by atoms with Crippen molar-refractivity contribution < 1.29 is 0 Å². The lowest BCUT2D eigenvalue weighted by molar-refractivity contribution is 0.665. The van der Waals surface area contributed by atoms with E-state index in [0.29, 0.717) is 18.8 Å². The molecule has 3 rings (SSSR count). The van der Waals surface area contributed by atoms with Gasteiger partial charge in [-0.05, 0) is 12.1 Å². The van der Waals surface area contributed by atoms with E-state index in [9.17, 15) is 4.79 Å². The van der Waals surface area contributed by atoms with Crippen LogP contribution < -0.4 is 5.56 Å². The minimum Gasteiger partial charge on any atom is -0.291 e. The molecule has 0 saturated carbocycles. The first-order chi connectivity index (χ1) is 10.2. The number of pyridine rings is 1. The molecule has 0 amide bonds. The molecule has 0 aliphatic rings. The lowest BCUT2D eigenvalue weighted by atomic mass is 10.2. The van der Waals surface area contributed by atoms with E-state index >= 15 is 0 Å². The van der Waals surface area contributed by atoms with Gasteiger partial charge < -0.3 is 0 Å². The number of rotatable bonds is 3. The van der Waals surface area contributed by atoms with Crippen LogP contribution in [0.5, 0.6) is 0 Å². The minimum atomic E-state index is -0.151. The zero-order chi connectivity index (χ0) is 14.8. The Kier molecular flexibility index (Phi) is 3.71. The molecule has 0 N–H and O–H groups in total. The molecule has 0 fully saturated rings. The molecule has 0 bridgehead atoms. The SMILES string of the molecule is CCc1nc(Cl)cc(=O)n1Cc1ccc2ccccc2n1. The van der Waals surface area contributed by atoms with Crippen LogP contribution in [-0.4, -0.2) is 14.5 Å². The van der Waals surface area contributed by atoms with Crippen LogP contribution >= 0.6 is 11.6 Å². The van der Waals surface area contributed by atoms with Gasteiger partial charge in [-0.2, -0.15) is 0 Å². The lowest BCUT2D eigenvalue weighted by Gasteiger charge is -2.11. The Hall–Kier alpha value is -2.20. The molecule has 21 heavy (non-hydrogen) atoms. The van der Waals surface area contributed by atoms with Gasteiger partial charge >= 0.3 is 0 Å². The summed E-state index contributed by atoms with van der Waals surface area (Å²) in [5, 5.41) is 1.32. The second-order valence-electron chi connectivity index (χ2n) is 4.77. The molecule has 0 radical (unpaired) electrons. The van der Waals surface area contributed by atoms with Gasteiger partial charge in [0.1, 0.15) is 11.0 Å². The van der Waals surface area contributed by atoms with E-state index in [-0.39, 0.29) is 10.7 Å². The van der Waals surface area contributed by atoms with Crippen molar-refractivity contribution in [3.8, 4) is 0 Å². The quantitative estimate of drug-likeness (QED) is 0.698. The Morgan fingerprint density at radius 3 is 2.76 bits per heavy atom. The summed E-state index contributed by atoms with van der Waals surface area (Å²) in [7, 11) is 0. The molecule has 0 aliphatic heterocycles. The van der Waals surface area contributed by atoms with Gasteiger partial charge in [-0.1, -0.05) is 42.8 Å². The van der Waals surface area contributed by atoms with Crippen LogP contribution in [0.1, 0.15) is 18.4 Å². The fraction of sp³-hybridized carbons (Fsp3) is 0.188. The molecule has 5 heteroatoms. The summed E-state index contributed by atoms with van der Waals surface area (Å²) in [5.41, 5.74) is 1.60. The van der Waals surface area contributed by atoms with Gasteiger partial charge in [-0.25, -0.2) is 4.98 Å². The second kappa shape index (κ2) is 5.66. The average Bonchev–Trinajstić information content (AvgIpc) is 2.49. The van der Waals surface area contributed by atoms with E-state index < -0.39 is 0 Å². The maximum atomic E-state index is 12.1. The van der Waals surface area contributed by atoms with Crippen molar-refractivity contribution in [3.05, 3.63) is 69.5 Å². The number of nitrogens with zero attached hydrogens (tertiary/aromatic N) is 3. The third-order valence-corrected chi connectivity index (χ3v) is 3.54. The molecule has 3 aromatic rings. The highest BCUT2D eigenvalue weighted by atomic mass is 35.5. The van der Waals surface area contributed by atoms with Gasteiger partial charge in [0, 0.05) is 17.9 Å². The second-order valence-corrected chi connectivity index (χ2v) is 5.16. The topological polar surface area (TPSA) is 47.8 Å². The Balaban J connectivity index is 2.04. The average molecular weight is 300 g/mol. The van der Waals surface area contributed by atoms with Crippen molar-refractivity contribution in [1.82, 2.24) is 14.5 Å². The van der Waals surface area contributed by atoms with Gasteiger partial charge in [0.15, 0.2) is 0 Å². The van der Waals surface area contributed by atoms with Crippen molar-refractivity contribution in [2.75, 3.05) is 0 Å². The Bertz CT molecular complexity index is 858. The molecule has 0 spiro atoms. The standard InChI is InChI=1S/C16H14ClN3O/c1-2-15-19-14(17)9-16(21)20(15)10-12-8-7-11-5-3-4-6-13(11)18-12/h3-9H,2,10H2,1H3. The molecular weight excluding hydrogens is 286 g/mol. The number of para-hydroxylation sites is 1. The van der Waals surface area contributed by atoms with Gasteiger partial charge in [0.05, 0.1) is 17.8 Å². The number of hydrogen-bond donors (Lipinski definition) is 0. The first-order valence-electron chi connectivity index (χ1n) is 6.78. The number of benzene rings is 1. The maximum absolute atomic E-state index is 12.1. The van der Waals surface area contributed by atoms with E-state index in [1.165, 1.54) is 6.07 Å². The largest absolute Gasteiger partial charge is 0.291 e. The van der Waals surface area contributed by atoms with Crippen LogP contribution in [0.15, 0.2) is 47.3 Å². The van der Waals surface area contributed by atoms with Crippen molar-refractivity contribution in [1.29, 1.82) is 0 Å². The summed E-state index contributed by atoms with van der Waals surface area (Å²) in [4.78, 5) is 20.9. The predicted molar refractivity (Wildman–Crippen MR) is 83.7 cm³/mol. The number of halogens is 1. The van der Waals surface area contributed by atoms with Crippen molar-refractivity contribution in [3.63, 3.8) is 0 Å². The summed E-state index contributed by atoms with van der Waals surface area (Å²) in [5.74, 6) is 0.669. The Morgan fingerprint density at radius 2 is 1.95 bits per heavy atom. The molecule has 0 aliphatic carbocycles. The maximum Gasteiger partial charge on any atom is 0.255 e. The molecule has 106 valence electrons. The third kappa shape index (κ3) is 2.81. The zero-order valence-corrected chi connectivity index (χ0v) is 12.3. The van der Waals surface area contributed by atoms with E-state index in [2.05, 4.69) is 9.97 Å². The van der Waals surface area contributed by atoms with E-state index in [1.54, 1.807) is 4.57 Å². The van der Waals surface area contributed by atoms with Crippen molar-refractivity contribution in [2.45, 2.75) is 19.9 Å². The van der Waals surface area contributed by atoms with Crippen LogP contribution in [0.25, 0.3) is 10.9 Å². The summed E-state index contributed by atoms with van der Waals surface area (Å²) in [6.07, 6.45) is 0.642. The number of aromatic nitrogens is 3. The highest BCUT2D eigenvalue weighted by Gasteiger charge is 2.08.